The third-order valence-electron chi connectivity index (χ3n) is 5.76. The van der Waals surface area contributed by atoms with Crippen LogP contribution in [0, 0.1) is 5.92 Å². The lowest BCUT2D eigenvalue weighted by Gasteiger charge is -2.33. The van der Waals surface area contributed by atoms with Gasteiger partial charge in [-0.2, -0.15) is 0 Å². The van der Waals surface area contributed by atoms with Gasteiger partial charge in [-0.15, -0.1) is 0 Å². The van der Waals surface area contributed by atoms with Gasteiger partial charge < -0.3 is 25.2 Å². The average Bonchev–Trinajstić information content (AvgIpc) is 2.67. The van der Waals surface area contributed by atoms with E-state index in [0.717, 1.165) is 44.7 Å². The minimum absolute atomic E-state index is 0.540. The fourth-order valence-corrected chi connectivity index (χ4v) is 3.90. The van der Waals surface area contributed by atoms with Crippen LogP contribution in [-0.4, -0.2) is 88.4 Å². The van der Waals surface area contributed by atoms with E-state index < -0.39 is 0 Å². The zero-order chi connectivity index (χ0) is 17.9. The first-order valence-electron chi connectivity index (χ1n) is 10.2. The second-order valence-electron chi connectivity index (χ2n) is 7.42. The van der Waals surface area contributed by atoms with Crippen LogP contribution in [-0.2, 0) is 4.74 Å². The number of nitrogens with one attached hydrogen (secondary N) is 2. The molecule has 2 saturated heterocycles. The SMILES string of the molecule is CCN1CCC(CCNC(=NC)NC2CCN(CCOC)CC2)CC1. The van der Waals surface area contributed by atoms with Gasteiger partial charge in [-0.25, -0.2) is 0 Å². The monoisotopic (exact) mass is 353 g/mol. The highest BCUT2D eigenvalue weighted by Crippen LogP contribution is 2.19. The van der Waals surface area contributed by atoms with Gasteiger partial charge in [-0.1, -0.05) is 6.92 Å². The molecule has 25 heavy (non-hydrogen) atoms. The second kappa shape index (κ2) is 11.7. The maximum absolute atomic E-state index is 5.17. The van der Waals surface area contributed by atoms with Crippen LogP contribution in [0.4, 0.5) is 0 Å². The normalized spacial score (nSPS) is 22.3. The van der Waals surface area contributed by atoms with Gasteiger partial charge in [0.05, 0.1) is 6.61 Å². The molecule has 0 unspecified atom stereocenters. The molecule has 0 aromatic heterocycles. The van der Waals surface area contributed by atoms with Gasteiger partial charge in [-0.3, -0.25) is 4.99 Å². The van der Waals surface area contributed by atoms with Gasteiger partial charge >= 0.3 is 0 Å². The predicted octanol–water partition coefficient (Wildman–Crippen LogP) is 1.38. The van der Waals surface area contributed by atoms with E-state index in [-0.39, 0.29) is 0 Å². The number of nitrogens with zero attached hydrogens (tertiary/aromatic N) is 3. The number of guanidine groups is 1. The van der Waals surface area contributed by atoms with Crippen LogP contribution in [0.3, 0.4) is 0 Å². The summed E-state index contributed by atoms with van der Waals surface area (Å²) in [6.07, 6.45) is 6.32. The third-order valence-corrected chi connectivity index (χ3v) is 5.76. The van der Waals surface area contributed by atoms with Crippen LogP contribution in [0.15, 0.2) is 4.99 Å². The third kappa shape index (κ3) is 7.50. The Morgan fingerprint density at radius 2 is 1.76 bits per heavy atom. The topological polar surface area (TPSA) is 52.1 Å². The Morgan fingerprint density at radius 3 is 2.36 bits per heavy atom. The number of likely N-dealkylation sites (tertiary alicyclic amines) is 2. The van der Waals surface area contributed by atoms with E-state index in [1.165, 1.54) is 51.7 Å². The molecule has 0 bridgehead atoms. The van der Waals surface area contributed by atoms with E-state index in [9.17, 15) is 0 Å². The van der Waals surface area contributed by atoms with Crippen LogP contribution in [0.5, 0.6) is 0 Å². The van der Waals surface area contributed by atoms with Gasteiger partial charge in [0.2, 0.25) is 0 Å². The highest BCUT2D eigenvalue weighted by molar-refractivity contribution is 5.79. The van der Waals surface area contributed by atoms with E-state index in [1.54, 1.807) is 7.11 Å². The van der Waals surface area contributed by atoms with E-state index in [2.05, 4.69) is 32.3 Å². The second-order valence-corrected chi connectivity index (χ2v) is 7.42. The number of rotatable bonds is 8. The minimum Gasteiger partial charge on any atom is -0.383 e. The summed E-state index contributed by atoms with van der Waals surface area (Å²) in [5.41, 5.74) is 0. The maximum Gasteiger partial charge on any atom is 0.191 e. The number of hydrogen-bond acceptors (Lipinski definition) is 4. The van der Waals surface area contributed by atoms with Crippen molar-refractivity contribution in [3.63, 3.8) is 0 Å². The van der Waals surface area contributed by atoms with E-state index in [1.807, 2.05) is 7.05 Å². The van der Waals surface area contributed by atoms with Crippen molar-refractivity contribution in [1.29, 1.82) is 0 Å². The smallest absolute Gasteiger partial charge is 0.191 e. The lowest BCUT2D eigenvalue weighted by atomic mass is 9.93. The molecule has 6 heteroatoms. The van der Waals surface area contributed by atoms with Crippen molar-refractivity contribution in [2.24, 2.45) is 10.9 Å². The van der Waals surface area contributed by atoms with Gasteiger partial charge in [0, 0.05) is 46.4 Å². The van der Waals surface area contributed by atoms with E-state index in [0.29, 0.717) is 6.04 Å². The lowest BCUT2D eigenvalue weighted by Crippen LogP contribution is -2.49. The summed E-state index contributed by atoms with van der Waals surface area (Å²) in [5, 5.41) is 7.14. The van der Waals surface area contributed by atoms with Crippen molar-refractivity contribution < 1.29 is 4.74 Å². The molecule has 2 aliphatic rings. The van der Waals surface area contributed by atoms with Crippen LogP contribution in [0.25, 0.3) is 0 Å². The molecule has 0 spiro atoms. The molecule has 2 heterocycles. The van der Waals surface area contributed by atoms with E-state index >= 15 is 0 Å². The van der Waals surface area contributed by atoms with Gasteiger partial charge in [0.1, 0.15) is 0 Å². The number of hydrogen-bond donors (Lipinski definition) is 2. The Labute approximate surface area is 154 Å². The Bertz CT molecular complexity index is 374. The summed E-state index contributed by atoms with van der Waals surface area (Å²) in [6.45, 7) is 11.2. The molecule has 0 radical (unpaired) electrons. The molecule has 146 valence electrons. The Kier molecular flexibility index (Phi) is 9.58. The highest BCUT2D eigenvalue weighted by atomic mass is 16.5. The minimum atomic E-state index is 0.540. The molecule has 2 rings (SSSR count). The molecule has 0 aromatic carbocycles. The fourth-order valence-electron chi connectivity index (χ4n) is 3.90. The van der Waals surface area contributed by atoms with Gasteiger partial charge in [-0.05, 0) is 57.7 Å². The summed E-state index contributed by atoms with van der Waals surface area (Å²) in [7, 11) is 3.65. The highest BCUT2D eigenvalue weighted by Gasteiger charge is 2.20. The van der Waals surface area contributed by atoms with Crippen molar-refractivity contribution in [3.8, 4) is 0 Å². The first-order chi connectivity index (χ1) is 12.2. The first-order valence-corrected chi connectivity index (χ1v) is 10.2. The van der Waals surface area contributed by atoms with Crippen LogP contribution < -0.4 is 10.6 Å². The van der Waals surface area contributed by atoms with Crippen LogP contribution >= 0.6 is 0 Å². The molecule has 0 aromatic rings. The zero-order valence-electron chi connectivity index (χ0n) is 16.6. The summed E-state index contributed by atoms with van der Waals surface area (Å²) in [5.74, 6) is 1.85. The fraction of sp³-hybridized carbons (Fsp3) is 0.947. The molecule has 0 saturated carbocycles. The largest absolute Gasteiger partial charge is 0.383 e. The maximum atomic E-state index is 5.17. The number of piperidine rings is 2. The molecule has 0 atom stereocenters. The molecule has 2 fully saturated rings. The van der Waals surface area contributed by atoms with Crippen molar-refractivity contribution >= 4 is 5.96 Å². The van der Waals surface area contributed by atoms with Crippen molar-refractivity contribution in [2.45, 2.75) is 45.1 Å². The lowest BCUT2D eigenvalue weighted by molar-refractivity contribution is 0.128. The first kappa shape index (κ1) is 20.5. The average molecular weight is 354 g/mol. The molecule has 6 nitrogen and oxygen atoms in total. The molecule has 2 aliphatic heterocycles. The van der Waals surface area contributed by atoms with Crippen molar-refractivity contribution in [1.82, 2.24) is 20.4 Å². The van der Waals surface area contributed by atoms with Crippen molar-refractivity contribution in [3.05, 3.63) is 0 Å². The number of ether oxygens (including phenoxy) is 1. The van der Waals surface area contributed by atoms with Gasteiger partial charge in [0.25, 0.3) is 0 Å². The Hall–Kier alpha value is -0.850. The van der Waals surface area contributed by atoms with Crippen LogP contribution in [0.2, 0.25) is 0 Å². The van der Waals surface area contributed by atoms with Crippen LogP contribution in [0.1, 0.15) is 39.0 Å². The van der Waals surface area contributed by atoms with Gasteiger partial charge in [0.15, 0.2) is 5.96 Å². The molecular weight excluding hydrogens is 314 g/mol. The summed E-state index contributed by atoms with van der Waals surface area (Å²) >= 11 is 0. The van der Waals surface area contributed by atoms with E-state index in [4.69, 9.17) is 4.74 Å². The predicted molar refractivity (Wildman–Crippen MR) is 105 cm³/mol. The summed E-state index contributed by atoms with van der Waals surface area (Å²) < 4.78 is 5.17. The summed E-state index contributed by atoms with van der Waals surface area (Å²) in [6, 6.07) is 0.540. The Balaban J connectivity index is 1.58. The zero-order valence-corrected chi connectivity index (χ0v) is 16.6. The molecule has 0 amide bonds. The number of aliphatic imine (C=N–C) groups is 1. The quantitative estimate of drug-likeness (QED) is 0.510. The summed E-state index contributed by atoms with van der Waals surface area (Å²) in [4.78, 5) is 9.46. The number of methoxy groups -OCH3 is 1. The molecule has 2 N–H and O–H groups in total. The molecule has 0 aliphatic carbocycles. The standard InChI is InChI=1S/C19H39N5O/c1-4-23-11-6-17(7-12-23)5-10-21-19(20-2)22-18-8-13-24(14-9-18)15-16-25-3/h17-18H,4-16H2,1-3H3,(H2,20,21,22). The molecular formula is C19H39N5O. The van der Waals surface area contributed by atoms with Crippen molar-refractivity contribution in [2.75, 3.05) is 66.6 Å². The Morgan fingerprint density at radius 1 is 1.08 bits per heavy atom.